The van der Waals surface area contributed by atoms with Gasteiger partial charge in [0.15, 0.2) is 5.28 Å². The van der Waals surface area contributed by atoms with E-state index in [0.717, 1.165) is 16.7 Å². The smallest absolute Gasteiger partial charge is 0.341 e. The highest BCUT2D eigenvalue weighted by Crippen LogP contribution is 2.77. The van der Waals surface area contributed by atoms with Crippen LogP contribution in [-0.4, -0.2) is 41.5 Å². The number of allylic oxidation sites excluding steroid dienone is 1. The summed E-state index contributed by atoms with van der Waals surface area (Å²) in [4.78, 5) is 28.6. The van der Waals surface area contributed by atoms with E-state index in [1.807, 2.05) is 48.4 Å². The Morgan fingerprint density at radius 2 is 1.93 bits per heavy atom. The number of benzene rings is 1. The van der Waals surface area contributed by atoms with Crippen molar-refractivity contribution in [3.05, 3.63) is 58.6 Å². The Morgan fingerprint density at radius 1 is 1.21 bits per heavy atom. The van der Waals surface area contributed by atoms with Crippen LogP contribution in [0.15, 0.2) is 47.4 Å². The fourth-order valence-electron chi connectivity index (χ4n) is 4.50. The lowest BCUT2D eigenvalue weighted by Crippen LogP contribution is -2.50. The zero-order chi connectivity index (χ0) is 20.8. The number of ether oxygens (including phenoxy) is 2. The molecule has 0 saturated carbocycles. The van der Waals surface area contributed by atoms with E-state index in [2.05, 4.69) is 6.08 Å². The first-order valence-electron chi connectivity index (χ1n) is 9.81. The van der Waals surface area contributed by atoms with Gasteiger partial charge >= 0.3 is 11.9 Å². The predicted octanol–water partition coefficient (Wildman–Crippen LogP) is 4.31. The number of hydrogen-bond acceptors (Lipinski definition) is 6. The van der Waals surface area contributed by atoms with E-state index in [1.165, 1.54) is 0 Å². The highest BCUT2D eigenvalue weighted by Gasteiger charge is 2.65. The second kappa shape index (κ2) is 7.26. The predicted molar refractivity (Wildman–Crippen MR) is 118 cm³/mol. The van der Waals surface area contributed by atoms with Gasteiger partial charge in [-0.1, -0.05) is 47.7 Å². The summed E-state index contributed by atoms with van der Waals surface area (Å²) in [5.41, 5.74) is 3.71. The molecule has 0 radical (unpaired) electrons. The van der Waals surface area contributed by atoms with Gasteiger partial charge in [0, 0.05) is 30.4 Å². The number of fused-ring (bicyclic) bond motifs is 5. The molecule has 3 aliphatic heterocycles. The van der Waals surface area contributed by atoms with Crippen LogP contribution in [0.5, 0.6) is 0 Å². The molecule has 0 amide bonds. The van der Waals surface area contributed by atoms with Crippen molar-refractivity contribution in [2.45, 2.75) is 32.5 Å². The van der Waals surface area contributed by atoms with Gasteiger partial charge in [-0.25, -0.2) is 9.59 Å². The maximum Gasteiger partial charge on any atom is 0.341 e. The molecule has 0 bridgehead atoms. The molecule has 4 rings (SSSR count). The standard InChI is InChI=1S/C22H24NO4PS/c1-4-26-20(24)19-18-17-9-7-6-8-16(17)11-13-23(18)22(21(25)27-5-2)12-10-15(3)14-28(19,22)29/h6-11,13H,4-5,12,14H2,1-3H3/t22-,28?/m0/s1. The van der Waals surface area contributed by atoms with E-state index in [1.54, 1.807) is 13.8 Å². The van der Waals surface area contributed by atoms with Gasteiger partial charge in [0.05, 0.1) is 24.2 Å². The Bertz CT molecular complexity index is 1040. The van der Waals surface area contributed by atoms with Crippen molar-refractivity contribution < 1.29 is 19.1 Å². The van der Waals surface area contributed by atoms with Gasteiger partial charge in [-0.3, -0.25) is 0 Å². The maximum absolute atomic E-state index is 13.5. The molecule has 1 aromatic carbocycles. The highest BCUT2D eigenvalue weighted by molar-refractivity contribution is 8.18. The highest BCUT2D eigenvalue weighted by atomic mass is 32.4. The van der Waals surface area contributed by atoms with Crippen LogP contribution in [0.3, 0.4) is 0 Å². The summed E-state index contributed by atoms with van der Waals surface area (Å²) in [6.07, 6.45) is 6.86. The van der Waals surface area contributed by atoms with E-state index < -0.39 is 17.3 Å². The monoisotopic (exact) mass is 429 g/mol. The van der Waals surface area contributed by atoms with Gasteiger partial charge in [0.25, 0.3) is 0 Å². The van der Waals surface area contributed by atoms with Crippen molar-refractivity contribution >= 4 is 41.6 Å². The van der Waals surface area contributed by atoms with Gasteiger partial charge in [-0.05, 0) is 32.4 Å². The van der Waals surface area contributed by atoms with Crippen LogP contribution in [0.1, 0.15) is 38.3 Å². The van der Waals surface area contributed by atoms with E-state index in [-0.39, 0.29) is 19.2 Å². The average Bonchev–Trinajstić information content (AvgIpc) is 2.93. The molecule has 29 heavy (non-hydrogen) atoms. The van der Waals surface area contributed by atoms with Crippen LogP contribution in [0.4, 0.5) is 0 Å². The summed E-state index contributed by atoms with van der Waals surface area (Å²) in [7, 11) is 0. The minimum atomic E-state index is -2.73. The topological polar surface area (TPSA) is 55.8 Å². The molecular formula is C22H24NO4PS. The van der Waals surface area contributed by atoms with Gasteiger partial charge < -0.3 is 14.4 Å². The van der Waals surface area contributed by atoms with E-state index >= 15 is 0 Å². The summed E-state index contributed by atoms with van der Waals surface area (Å²) >= 11 is 6.31. The molecular weight excluding hydrogens is 405 g/mol. The van der Waals surface area contributed by atoms with Crippen LogP contribution in [0.2, 0.25) is 0 Å². The molecule has 0 aromatic heterocycles. The first-order chi connectivity index (χ1) is 13.9. The van der Waals surface area contributed by atoms with Crippen molar-refractivity contribution in [2.75, 3.05) is 19.4 Å². The van der Waals surface area contributed by atoms with Crippen molar-refractivity contribution in [3.8, 4) is 0 Å². The number of hydrogen-bond donors (Lipinski definition) is 0. The Morgan fingerprint density at radius 3 is 2.66 bits per heavy atom. The minimum absolute atomic E-state index is 0.254. The SMILES string of the molecule is CCOC(=O)C1=C2c3ccccc3C=CN2[C@@]2(C(=O)OCC)CC=C(C)CP12=S. The van der Waals surface area contributed by atoms with Crippen LogP contribution in [0, 0.1) is 0 Å². The number of nitrogens with zero attached hydrogens (tertiary/aromatic N) is 1. The Kier molecular flexibility index (Phi) is 5.04. The molecule has 0 saturated heterocycles. The van der Waals surface area contributed by atoms with Crippen LogP contribution in [0.25, 0.3) is 11.8 Å². The lowest BCUT2D eigenvalue weighted by Gasteiger charge is -2.45. The normalized spacial score (nSPS) is 27.0. The van der Waals surface area contributed by atoms with Gasteiger partial charge in [0.2, 0.25) is 0 Å². The summed E-state index contributed by atoms with van der Waals surface area (Å²) < 4.78 is 11.0. The van der Waals surface area contributed by atoms with Crippen molar-refractivity contribution in [1.29, 1.82) is 0 Å². The quantitative estimate of drug-likeness (QED) is 0.404. The fraction of sp³-hybridized carbons (Fsp3) is 0.364. The summed E-state index contributed by atoms with van der Waals surface area (Å²) in [6.45, 7) is 6.10. The molecule has 0 aliphatic carbocycles. The first kappa shape index (κ1) is 20.1. The minimum Gasteiger partial charge on any atom is -0.464 e. The molecule has 152 valence electrons. The molecule has 3 heterocycles. The third kappa shape index (κ3) is 2.69. The zero-order valence-corrected chi connectivity index (χ0v) is 18.5. The fourth-order valence-corrected chi connectivity index (χ4v) is 10.1. The second-order valence-electron chi connectivity index (χ2n) is 7.38. The Hall–Kier alpha value is -2.17. The van der Waals surface area contributed by atoms with E-state index in [0.29, 0.717) is 23.6 Å². The van der Waals surface area contributed by atoms with Crippen LogP contribution >= 0.6 is 6.04 Å². The Labute approximate surface area is 176 Å². The molecule has 0 N–H and O–H groups in total. The van der Waals surface area contributed by atoms with Crippen molar-refractivity contribution in [3.63, 3.8) is 0 Å². The number of rotatable bonds is 4. The second-order valence-corrected chi connectivity index (χ2v) is 12.2. The van der Waals surface area contributed by atoms with Crippen molar-refractivity contribution in [1.82, 2.24) is 4.90 Å². The molecule has 3 aliphatic rings. The molecule has 0 spiro atoms. The van der Waals surface area contributed by atoms with Crippen LogP contribution < -0.4 is 0 Å². The summed E-state index contributed by atoms with van der Waals surface area (Å²) in [5.74, 6) is -0.769. The van der Waals surface area contributed by atoms with E-state index in [4.69, 9.17) is 21.3 Å². The largest absolute Gasteiger partial charge is 0.464 e. The number of esters is 2. The number of carbonyl (C=O) groups excluding carboxylic acids is 2. The van der Waals surface area contributed by atoms with Crippen LogP contribution in [-0.2, 0) is 30.9 Å². The molecule has 0 fully saturated rings. The number of carbonyl (C=O) groups is 2. The summed E-state index contributed by atoms with van der Waals surface area (Å²) in [5, 5.41) is -0.592. The maximum atomic E-state index is 13.5. The molecule has 5 nitrogen and oxygen atoms in total. The third-order valence-electron chi connectivity index (χ3n) is 5.72. The average molecular weight is 429 g/mol. The van der Waals surface area contributed by atoms with Gasteiger partial charge in [-0.2, -0.15) is 0 Å². The lowest BCUT2D eigenvalue weighted by atomic mass is 9.97. The molecule has 2 atom stereocenters. The first-order valence-corrected chi connectivity index (χ1v) is 12.8. The Balaban J connectivity index is 2.06. The summed E-state index contributed by atoms with van der Waals surface area (Å²) in [6, 6.07) is 5.12. The van der Waals surface area contributed by atoms with Gasteiger partial charge in [-0.15, -0.1) is 0 Å². The van der Waals surface area contributed by atoms with Gasteiger partial charge in [0.1, 0.15) is 0 Å². The molecule has 1 aromatic rings. The third-order valence-corrected chi connectivity index (χ3v) is 11.4. The molecule has 7 heteroatoms. The molecule has 1 unspecified atom stereocenters. The van der Waals surface area contributed by atoms with E-state index in [9.17, 15) is 9.59 Å². The zero-order valence-electron chi connectivity index (χ0n) is 16.8. The lowest BCUT2D eigenvalue weighted by molar-refractivity contribution is -0.149. The van der Waals surface area contributed by atoms with Crippen molar-refractivity contribution in [2.24, 2.45) is 0 Å².